The predicted molar refractivity (Wildman–Crippen MR) is 185 cm³/mol. The van der Waals surface area contributed by atoms with E-state index in [-0.39, 0.29) is 40.7 Å². The number of fused-ring (bicyclic) bond motifs is 4. The molecule has 8 rings (SSSR count). The van der Waals surface area contributed by atoms with Crippen LogP contribution in [0.1, 0.15) is 99.8 Å². The molecule has 266 valence electrons. The van der Waals surface area contributed by atoms with Gasteiger partial charge in [-0.25, -0.2) is 0 Å². The van der Waals surface area contributed by atoms with Crippen molar-refractivity contribution in [3.05, 3.63) is 11.6 Å². The van der Waals surface area contributed by atoms with Crippen LogP contribution >= 0.6 is 11.8 Å². The number of nitrogens with zero attached hydrogens (tertiary/aromatic N) is 1. The van der Waals surface area contributed by atoms with E-state index in [9.17, 15) is 10.2 Å². The lowest BCUT2D eigenvalue weighted by Gasteiger charge is -2.62. The normalized spacial score (nSPS) is 52.9. The Labute approximate surface area is 288 Å². The van der Waals surface area contributed by atoms with Gasteiger partial charge in [-0.05, 0) is 123 Å². The van der Waals surface area contributed by atoms with Gasteiger partial charge in [-0.15, -0.1) is 0 Å². The van der Waals surface area contributed by atoms with Crippen molar-refractivity contribution in [2.75, 3.05) is 38.7 Å². The monoisotopic (exact) mass is 673 g/mol. The molecule has 7 nitrogen and oxygen atoms in total. The van der Waals surface area contributed by atoms with Crippen LogP contribution in [0.15, 0.2) is 11.6 Å². The van der Waals surface area contributed by atoms with Crippen molar-refractivity contribution in [1.82, 2.24) is 4.90 Å². The maximum atomic E-state index is 12.6. The first-order valence-corrected chi connectivity index (χ1v) is 20.3. The van der Waals surface area contributed by atoms with Crippen molar-refractivity contribution in [2.45, 2.75) is 147 Å². The first-order valence-electron chi connectivity index (χ1n) is 19.3. The molecule has 5 aliphatic carbocycles. The van der Waals surface area contributed by atoms with Crippen LogP contribution < -0.4 is 0 Å². The minimum absolute atomic E-state index is 0.00536. The number of allylic oxidation sites excluding steroid dienone is 1. The van der Waals surface area contributed by atoms with E-state index in [0.717, 1.165) is 51.5 Å². The highest BCUT2D eigenvalue weighted by Gasteiger charge is 2.83. The van der Waals surface area contributed by atoms with E-state index < -0.39 is 11.7 Å². The van der Waals surface area contributed by atoms with Gasteiger partial charge in [-0.3, -0.25) is 4.90 Å². The van der Waals surface area contributed by atoms with E-state index in [1.807, 2.05) is 25.6 Å². The Hall–Kier alpha value is -0.190. The van der Waals surface area contributed by atoms with Crippen molar-refractivity contribution >= 4 is 11.8 Å². The lowest BCUT2D eigenvalue weighted by molar-refractivity contribution is -0.220. The molecule has 3 saturated heterocycles. The predicted octanol–water partition coefficient (Wildman–Crippen LogP) is 6.05. The molecule has 8 aliphatic rings. The summed E-state index contributed by atoms with van der Waals surface area (Å²) in [7, 11) is 0. The summed E-state index contributed by atoms with van der Waals surface area (Å²) >= 11 is 1.82. The minimum atomic E-state index is -0.827. The van der Waals surface area contributed by atoms with Crippen molar-refractivity contribution in [3.8, 4) is 0 Å². The third-order valence-corrected chi connectivity index (χ3v) is 17.6. The number of thioether (sulfide) groups is 1. The summed E-state index contributed by atoms with van der Waals surface area (Å²) in [5, 5.41) is 23.8. The Balaban J connectivity index is 1.03. The summed E-state index contributed by atoms with van der Waals surface area (Å²) in [5.41, 5.74) is 1.24. The first-order chi connectivity index (χ1) is 22.3. The first kappa shape index (κ1) is 33.9. The van der Waals surface area contributed by atoms with Gasteiger partial charge >= 0.3 is 0 Å². The fourth-order valence-corrected chi connectivity index (χ4v) is 15.0. The Bertz CT molecular complexity index is 1240. The van der Waals surface area contributed by atoms with E-state index >= 15 is 0 Å². The van der Waals surface area contributed by atoms with Crippen LogP contribution in [-0.4, -0.2) is 101 Å². The highest BCUT2D eigenvalue weighted by molar-refractivity contribution is 8.00. The van der Waals surface area contributed by atoms with Crippen molar-refractivity contribution in [3.63, 3.8) is 0 Å². The molecule has 3 aliphatic heterocycles. The maximum absolute atomic E-state index is 12.6. The summed E-state index contributed by atoms with van der Waals surface area (Å²) in [6.07, 6.45) is 11.2. The largest absolute Gasteiger partial charge is 0.390 e. The quantitative estimate of drug-likeness (QED) is 0.316. The molecule has 0 radical (unpaired) electrons. The molecule has 0 amide bonds. The van der Waals surface area contributed by atoms with Crippen LogP contribution in [0.3, 0.4) is 0 Å². The zero-order valence-corrected chi connectivity index (χ0v) is 31.0. The van der Waals surface area contributed by atoms with Gasteiger partial charge in [0, 0.05) is 12.0 Å². The van der Waals surface area contributed by atoms with Crippen LogP contribution in [0.5, 0.6) is 0 Å². The Morgan fingerprint density at radius 2 is 1.91 bits per heavy atom. The van der Waals surface area contributed by atoms with Crippen LogP contribution in [0.25, 0.3) is 0 Å². The van der Waals surface area contributed by atoms with Crippen molar-refractivity contribution in [2.24, 2.45) is 45.3 Å². The summed E-state index contributed by atoms with van der Waals surface area (Å²) in [4.78, 5) is 2.50. The molecule has 9 unspecified atom stereocenters. The van der Waals surface area contributed by atoms with E-state index in [1.165, 1.54) is 44.1 Å². The highest BCUT2D eigenvalue weighted by atomic mass is 32.2. The lowest BCUT2D eigenvalue weighted by atomic mass is 9.42. The van der Waals surface area contributed by atoms with E-state index in [0.29, 0.717) is 40.5 Å². The average Bonchev–Trinajstić information content (AvgIpc) is 3.63. The molecule has 5 saturated carbocycles. The second-order valence-electron chi connectivity index (χ2n) is 18.2. The SMILES string of the molecule is C/C=C1\C(O[C@H]2CN(C3COC3)CCO2)CCC23CC24CCC2(C)C5C(OC(C(SCC)C(C)(C)O)C[C@H]5C)[C@H](O)[C@@]2(C)C4CC[C@@H]13. The van der Waals surface area contributed by atoms with Crippen LogP contribution in [0.4, 0.5) is 0 Å². The standard InChI is InChI=1S/C39H63NO6S/c1-8-25-26-10-11-29-37(7)33(41)32-31(23(3)18-28(46-32)34(47-9-2)35(4,5)42)36(37,6)14-15-39(29)22-38(26,39)13-12-27(25)45-30-19-40(16-17-44-30)24-20-43-21-24/h8,23-24,26-34,41-42H,9-22H2,1-7H3/b25-8-/t23-,26+,27?,28?,29?,30+,31?,32?,33+,34?,36?,37-,38?,39?/m1/s1. The van der Waals surface area contributed by atoms with Gasteiger partial charge in [0.1, 0.15) is 0 Å². The Morgan fingerprint density at radius 1 is 1.13 bits per heavy atom. The number of ether oxygens (including phenoxy) is 4. The molecule has 0 aromatic rings. The number of hydrogen-bond donors (Lipinski definition) is 2. The Morgan fingerprint density at radius 3 is 2.60 bits per heavy atom. The third kappa shape index (κ3) is 4.70. The number of aliphatic hydroxyl groups is 2. The summed E-state index contributed by atoms with van der Waals surface area (Å²) in [6, 6.07) is 0.521. The number of morpholine rings is 1. The summed E-state index contributed by atoms with van der Waals surface area (Å²) in [6.45, 7) is 19.9. The molecule has 0 aromatic carbocycles. The van der Waals surface area contributed by atoms with Crippen LogP contribution in [0.2, 0.25) is 0 Å². The molecular formula is C39H63NO6S. The lowest BCUT2D eigenvalue weighted by Crippen LogP contribution is -2.58. The number of hydrogen-bond acceptors (Lipinski definition) is 8. The van der Waals surface area contributed by atoms with Crippen LogP contribution in [0, 0.1) is 45.3 Å². The molecular weight excluding hydrogens is 610 g/mol. The second kappa shape index (κ2) is 11.7. The average molecular weight is 674 g/mol. The zero-order valence-electron chi connectivity index (χ0n) is 30.2. The molecule has 14 atom stereocenters. The van der Waals surface area contributed by atoms with E-state index in [4.69, 9.17) is 18.9 Å². The Kier molecular flexibility index (Phi) is 8.42. The summed E-state index contributed by atoms with van der Waals surface area (Å²) in [5.74, 6) is 2.86. The van der Waals surface area contributed by atoms with Crippen LogP contribution in [-0.2, 0) is 18.9 Å². The van der Waals surface area contributed by atoms with E-state index in [1.54, 1.807) is 0 Å². The molecule has 2 spiro atoms. The minimum Gasteiger partial charge on any atom is -0.390 e. The molecule has 0 aromatic heterocycles. The maximum Gasteiger partial charge on any atom is 0.171 e. The molecule has 8 fully saturated rings. The second-order valence-corrected chi connectivity index (χ2v) is 19.6. The van der Waals surface area contributed by atoms with E-state index in [2.05, 4.69) is 45.6 Å². The van der Waals surface area contributed by atoms with Gasteiger partial charge in [0.25, 0.3) is 0 Å². The van der Waals surface area contributed by atoms with Gasteiger partial charge in [0.2, 0.25) is 0 Å². The van der Waals surface area contributed by atoms with Gasteiger partial charge in [-0.2, -0.15) is 11.8 Å². The van der Waals surface area contributed by atoms with Crippen molar-refractivity contribution in [1.29, 1.82) is 0 Å². The molecule has 8 heteroatoms. The topological polar surface area (TPSA) is 80.6 Å². The molecule has 47 heavy (non-hydrogen) atoms. The van der Waals surface area contributed by atoms with Gasteiger partial charge < -0.3 is 29.2 Å². The molecule has 3 heterocycles. The molecule has 2 N–H and O–H groups in total. The fourth-order valence-electron chi connectivity index (χ4n) is 13.9. The zero-order chi connectivity index (χ0) is 33.1. The highest BCUT2D eigenvalue weighted by Crippen LogP contribution is 2.88. The van der Waals surface area contributed by atoms with Gasteiger partial charge in [0.05, 0.1) is 67.7 Å². The third-order valence-electron chi connectivity index (χ3n) is 16.0. The molecule has 0 bridgehead atoms. The number of aliphatic hydroxyl groups excluding tert-OH is 1. The van der Waals surface area contributed by atoms with Crippen molar-refractivity contribution < 1.29 is 29.2 Å². The van der Waals surface area contributed by atoms with Gasteiger partial charge in [0.15, 0.2) is 6.29 Å². The summed E-state index contributed by atoms with van der Waals surface area (Å²) < 4.78 is 25.6. The fraction of sp³-hybridized carbons (Fsp3) is 0.949. The number of rotatable bonds is 7. The van der Waals surface area contributed by atoms with Gasteiger partial charge in [-0.1, -0.05) is 33.8 Å². The smallest absolute Gasteiger partial charge is 0.171 e.